The minimum Gasteiger partial charge on any atom is -0.480 e. The van der Waals surface area contributed by atoms with Gasteiger partial charge in [0.2, 0.25) is 5.91 Å². The maximum atomic E-state index is 12.3. The summed E-state index contributed by atoms with van der Waals surface area (Å²) >= 11 is 0. The number of ether oxygens (including phenoxy) is 2. The first-order valence-electron chi connectivity index (χ1n) is 7.45. The van der Waals surface area contributed by atoms with E-state index < -0.39 is 30.1 Å². The SMILES string of the molecule is C=C(C)OC(=O)N(C)[C@@H](C)C(=O)N[C@H](C(=O)O)C1CCOCC1. The van der Waals surface area contributed by atoms with E-state index >= 15 is 0 Å². The molecule has 130 valence electrons. The monoisotopic (exact) mass is 328 g/mol. The molecular weight excluding hydrogens is 304 g/mol. The number of rotatable bonds is 6. The lowest BCUT2D eigenvalue weighted by atomic mass is 9.91. The van der Waals surface area contributed by atoms with Crippen molar-refractivity contribution in [3.8, 4) is 0 Å². The Hall–Kier alpha value is -2.09. The van der Waals surface area contributed by atoms with Crippen LogP contribution in [0.1, 0.15) is 26.7 Å². The van der Waals surface area contributed by atoms with Crippen LogP contribution in [0.15, 0.2) is 12.3 Å². The zero-order valence-corrected chi connectivity index (χ0v) is 13.7. The molecule has 1 fully saturated rings. The van der Waals surface area contributed by atoms with Crippen molar-refractivity contribution < 1.29 is 29.0 Å². The van der Waals surface area contributed by atoms with Crippen molar-refractivity contribution >= 4 is 18.0 Å². The van der Waals surface area contributed by atoms with E-state index in [1.807, 2.05) is 0 Å². The highest BCUT2D eigenvalue weighted by atomic mass is 16.6. The Labute approximate surface area is 135 Å². The van der Waals surface area contributed by atoms with Crippen molar-refractivity contribution in [2.45, 2.75) is 38.8 Å². The lowest BCUT2D eigenvalue weighted by Gasteiger charge is -2.30. The van der Waals surface area contributed by atoms with Crippen LogP contribution in [0.3, 0.4) is 0 Å². The molecule has 0 aromatic rings. The molecule has 1 rings (SSSR count). The summed E-state index contributed by atoms with van der Waals surface area (Å²) in [6.07, 6.45) is 0.413. The second-order valence-electron chi connectivity index (χ2n) is 5.63. The number of likely N-dealkylation sites (N-methyl/N-ethyl adjacent to an activating group) is 1. The highest BCUT2D eigenvalue weighted by molar-refractivity contribution is 5.89. The minimum absolute atomic E-state index is 0.190. The molecule has 8 nitrogen and oxygen atoms in total. The highest BCUT2D eigenvalue weighted by Gasteiger charge is 2.33. The molecule has 0 bridgehead atoms. The molecule has 0 spiro atoms. The Morgan fingerprint density at radius 2 is 1.91 bits per heavy atom. The van der Waals surface area contributed by atoms with Crippen LogP contribution < -0.4 is 5.32 Å². The summed E-state index contributed by atoms with van der Waals surface area (Å²) in [6.45, 7) is 7.42. The summed E-state index contributed by atoms with van der Waals surface area (Å²) in [5, 5.41) is 11.9. The van der Waals surface area contributed by atoms with Gasteiger partial charge in [0.05, 0.1) is 5.76 Å². The maximum absolute atomic E-state index is 12.3. The quantitative estimate of drug-likeness (QED) is 0.704. The van der Waals surface area contributed by atoms with Crippen molar-refractivity contribution in [3.05, 3.63) is 12.3 Å². The van der Waals surface area contributed by atoms with Crippen LogP contribution in [0.4, 0.5) is 4.79 Å². The minimum atomic E-state index is -1.09. The second kappa shape index (κ2) is 8.52. The fraction of sp³-hybridized carbons (Fsp3) is 0.667. The van der Waals surface area contributed by atoms with Crippen LogP contribution in [0.2, 0.25) is 0 Å². The summed E-state index contributed by atoms with van der Waals surface area (Å²) in [5.74, 6) is -1.63. The van der Waals surface area contributed by atoms with Crippen LogP contribution in [-0.4, -0.2) is 60.3 Å². The van der Waals surface area contributed by atoms with Crippen LogP contribution in [-0.2, 0) is 19.1 Å². The number of nitrogens with one attached hydrogen (secondary N) is 1. The third kappa shape index (κ3) is 5.55. The molecule has 23 heavy (non-hydrogen) atoms. The number of allylic oxidation sites excluding steroid dienone is 1. The fourth-order valence-corrected chi connectivity index (χ4v) is 2.26. The number of carbonyl (C=O) groups excluding carboxylic acids is 2. The van der Waals surface area contributed by atoms with Gasteiger partial charge < -0.3 is 19.9 Å². The number of aliphatic carboxylic acids is 1. The van der Waals surface area contributed by atoms with Gasteiger partial charge in [-0.15, -0.1) is 0 Å². The topological polar surface area (TPSA) is 105 Å². The molecular formula is C15H24N2O6. The number of carbonyl (C=O) groups is 3. The number of amides is 2. The number of carboxylic acids is 1. The first kappa shape index (κ1) is 19.0. The molecule has 0 aliphatic carbocycles. The van der Waals surface area contributed by atoms with Gasteiger partial charge in [-0.05, 0) is 32.6 Å². The summed E-state index contributed by atoms with van der Waals surface area (Å²) in [7, 11) is 1.40. The van der Waals surface area contributed by atoms with Gasteiger partial charge in [-0.25, -0.2) is 9.59 Å². The number of carboxylic acid groups (broad SMARTS) is 1. The predicted molar refractivity (Wildman–Crippen MR) is 81.6 cm³/mol. The molecule has 1 saturated heterocycles. The standard InChI is InChI=1S/C15H24N2O6/c1-9(2)23-15(21)17(4)10(3)13(18)16-12(14(19)20)11-5-7-22-8-6-11/h10-12H,1,5-8H2,2-4H3,(H,16,18)(H,19,20)/t10-,12-/m0/s1. The molecule has 2 atom stereocenters. The van der Waals surface area contributed by atoms with Gasteiger partial charge >= 0.3 is 12.1 Å². The molecule has 8 heteroatoms. The molecule has 1 heterocycles. The molecule has 0 saturated carbocycles. The number of hydrogen-bond donors (Lipinski definition) is 2. The van der Waals surface area contributed by atoms with Gasteiger partial charge in [0, 0.05) is 20.3 Å². The Kier molecular flexibility index (Phi) is 7.02. The maximum Gasteiger partial charge on any atom is 0.415 e. The smallest absolute Gasteiger partial charge is 0.415 e. The fourth-order valence-electron chi connectivity index (χ4n) is 2.26. The van der Waals surface area contributed by atoms with E-state index in [0.717, 1.165) is 4.90 Å². The molecule has 0 radical (unpaired) electrons. The lowest BCUT2D eigenvalue weighted by molar-refractivity contribution is -0.145. The third-order valence-electron chi connectivity index (χ3n) is 3.81. The van der Waals surface area contributed by atoms with Gasteiger partial charge in [0.1, 0.15) is 12.1 Å². The first-order valence-corrected chi connectivity index (χ1v) is 7.45. The van der Waals surface area contributed by atoms with Crippen molar-refractivity contribution in [1.82, 2.24) is 10.2 Å². The first-order chi connectivity index (χ1) is 10.7. The zero-order valence-electron chi connectivity index (χ0n) is 13.7. The molecule has 1 aliphatic heterocycles. The Morgan fingerprint density at radius 3 is 2.39 bits per heavy atom. The molecule has 1 aliphatic rings. The molecule has 0 aromatic carbocycles. The third-order valence-corrected chi connectivity index (χ3v) is 3.81. The molecule has 0 aromatic heterocycles. The molecule has 2 N–H and O–H groups in total. The van der Waals surface area contributed by atoms with Crippen LogP contribution in [0.25, 0.3) is 0 Å². The lowest BCUT2D eigenvalue weighted by Crippen LogP contribution is -2.53. The summed E-state index contributed by atoms with van der Waals surface area (Å²) in [6, 6.07) is -1.87. The average molecular weight is 328 g/mol. The van der Waals surface area contributed by atoms with E-state index in [-0.39, 0.29) is 11.7 Å². The zero-order chi connectivity index (χ0) is 17.6. The number of nitrogens with zero attached hydrogens (tertiary/aromatic N) is 1. The summed E-state index contributed by atoms with van der Waals surface area (Å²) in [5.41, 5.74) is 0. The van der Waals surface area contributed by atoms with Crippen molar-refractivity contribution in [2.24, 2.45) is 5.92 Å². The predicted octanol–water partition coefficient (Wildman–Crippen LogP) is 0.973. The Bertz CT molecular complexity index is 473. The van der Waals surface area contributed by atoms with Crippen molar-refractivity contribution in [3.63, 3.8) is 0 Å². The largest absolute Gasteiger partial charge is 0.480 e. The van der Waals surface area contributed by atoms with E-state index in [9.17, 15) is 19.5 Å². The van der Waals surface area contributed by atoms with Crippen LogP contribution >= 0.6 is 0 Å². The van der Waals surface area contributed by atoms with Crippen molar-refractivity contribution in [2.75, 3.05) is 20.3 Å². The normalized spacial score (nSPS) is 17.7. The van der Waals surface area contributed by atoms with Gasteiger partial charge in [-0.2, -0.15) is 0 Å². The van der Waals surface area contributed by atoms with Gasteiger partial charge in [0.25, 0.3) is 0 Å². The van der Waals surface area contributed by atoms with Gasteiger partial charge in [0.15, 0.2) is 0 Å². The molecule has 0 unspecified atom stereocenters. The second-order valence-corrected chi connectivity index (χ2v) is 5.63. The van der Waals surface area contributed by atoms with E-state index in [1.54, 1.807) is 0 Å². The Balaban J connectivity index is 2.68. The summed E-state index contributed by atoms with van der Waals surface area (Å²) in [4.78, 5) is 36.5. The van der Waals surface area contributed by atoms with E-state index in [0.29, 0.717) is 26.1 Å². The Morgan fingerprint density at radius 1 is 1.35 bits per heavy atom. The van der Waals surface area contributed by atoms with Gasteiger partial charge in [-0.3, -0.25) is 9.69 Å². The molecule has 2 amide bonds. The average Bonchev–Trinajstić information content (AvgIpc) is 2.50. The van der Waals surface area contributed by atoms with E-state index in [2.05, 4.69) is 11.9 Å². The van der Waals surface area contributed by atoms with E-state index in [1.165, 1.54) is 20.9 Å². The van der Waals surface area contributed by atoms with Gasteiger partial charge in [-0.1, -0.05) is 6.58 Å². The van der Waals surface area contributed by atoms with Crippen LogP contribution in [0.5, 0.6) is 0 Å². The van der Waals surface area contributed by atoms with Crippen molar-refractivity contribution in [1.29, 1.82) is 0 Å². The van der Waals surface area contributed by atoms with Crippen LogP contribution in [0, 0.1) is 5.92 Å². The highest BCUT2D eigenvalue weighted by Crippen LogP contribution is 2.19. The van der Waals surface area contributed by atoms with E-state index in [4.69, 9.17) is 9.47 Å². The summed E-state index contributed by atoms with van der Waals surface area (Å²) < 4.78 is 10.0. The number of hydrogen-bond acceptors (Lipinski definition) is 5.